The highest BCUT2D eigenvalue weighted by atomic mass is 79.9. The Morgan fingerprint density at radius 2 is 2.24 bits per heavy atom. The molecule has 0 aromatic heterocycles. The van der Waals surface area contributed by atoms with Crippen LogP contribution >= 0.6 is 15.9 Å². The Hall–Kier alpha value is -0.900. The van der Waals surface area contributed by atoms with Crippen LogP contribution in [0.5, 0.6) is 0 Å². The molecule has 0 heterocycles. The Balaban J connectivity index is 2.11. The van der Waals surface area contributed by atoms with Crippen LogP contribution in [0.25, 0.3) is 0 Å². The number of rotatable bonds is 2. The fraction of sp³-hybridized carbons (Fsp3) is 0.462. The molecule has 1 aromatic carbocycles. The first kappa shape index (κ1) is 12.6. The van der Waals surface area contributed by atoms with Gasteiger partial charge in [-0.05, 0) is 31.9 Å². The molecule has 17 heavy (non-hydrogen) atoms. The molecule has 1 fully saturated rings. The number of nitrogens with one attached hydrogen (secondary N) is 1. The number of hydrogen-bond acceptors (Lipinski definition) is 1. The SMILES string of the molecule is Cc1ccc(F)c(C(=O)NC2CCCC2Br)c1. The van der Waals surface area contributed by atoms with E-state index in [1.807, 2.05) is 6.92 Å². The minimum atomic E-state index is -0.461. The smallest absolute Gasteiger partial charge is 0.254 e. The third-order valence-corrected chi connectivity index (χ3v) is 4.21. The fourth-order valence-corrected chi connectivity index (χ4v) is 2.86. The van der Waals surface area contributed by atoms with Crippen molar-refractivity contribution in [3.05, 3.63) is 35.1 Å². The lowest BCUT2D eigenvalue weighted by Crippen LogP contribution is -2.38. The van der Waals surface area contributed by atoms with Crippen LogP contribution in [0.1, 0.15) is 35.2 Å². The summed E-state index contributed by atoms with van der Waals surface area (Å²) < 4.78 is 13.5. The van der Waals surface area contributed by atoms with Crippen LogP contribution in [0.2, 0.25) is 0 Å². The molecule has 2 nitrogen and oxygen atoms in total. The zero-order valence-corrected chi connectivity index (χ0v) is 11.3. The van der Waals surface area contributed by atoms with Crippen LogP contribution < -0.4 is 5.32 Å². The van der Waals surface area contributed by atoms with Crippen LogP contribution in [-0.2, 0) is 0 Å². The molecular weight excluding hydrogens is 285 g/mol. The molecule has 1 saturated carbocycles. The maximum Gasteiger partial charge on any atom is 0.254 e. The summed E-state index contributed by atoms with van der Waals surface area (Å²) in [5, 5.41) is 2.89. The molecule has 2 rings (SSSR count). The summed E-state index contributed by atoms with van der Waals surface area (Å²) in [6.07, 6.45) is 3.10. The van der Waals surface area contributed by atoms with Gasteiger partial charge in [-0.15, -0.1) is 0 Å². The number of halogens is 2. The molecule has 1 aromatic rings. The molecule has 2 atom stereocenters. The summed E-state index contributed by atoms with van der Waals surface area (Å²) in [5.74, 6) is -0.778. The average Bonchev–Trinajstić information content (AvgIpc) is 2.68. The molecule has 4 heteroatoms. The van der Waals surface area contributed by atoms with Crippen molar-refractivity contribution >= 4 is 21.8 Å². The monoisotopic (exact) mass is 299 g/mol. The van der Waals surface area contributed by atoms with Crippen molar-refractivity contribution < 1.29 is 9.18 Å². The highest BCUT2D eigenvalue weighted by Crippen LogP contribution is 2.26. The highest BCUT2D eigenvalue weighted by molar-refractivity contribution is 9.09. The molecular formula is C13H15BrFNO. The van der Waals surface area contributed by atoms with E-state index in [4.69, 9.17) is 0 Å². The molecule has 2 unspecified atom stereocenters. The zero-order chi connectivity index (χ0) is 12.4. The van der Waals surface area contributed by atoms with E-state index >= 15 is 0 Å². The Labute approximate surface area is 109 Å². The van der Waals surface area contributed by atoms with Gasteiger partial charge in [-0.3, -0.25) is 4.79 Å². The number of benzene rings is 1. The highest BCUT2D eigenvalue weighted by Gasteiger charge is 2.27. The van der Waals surface area contributed by atoms with Crippen LogP contribution in [0.4, 0.5) is 4.39 Å². The van der Waals surface area contributed by atoms with Crippen molar-refractivity contribution in [2.75, 3.05) is 0 Å². The van der Waals surface area contributed by atoms with Gasteiger partial charge in [0.1, 0.15) is 5.82 Å². The van der Waals surface area contributed by atoms with E-state index < -0.39 is 5.82 Å². The predicted molar refractivity (Wildman–Crippen MR) is 69.0 cm³/mol. The summed E-state index contributed by atoms with van der Waals surface area (Å²) in [5.41, 5.74) is 1.02. The molecule has 92 valence electrons. The predicted octanol–water partition coefficient (Wildman–Crippen LogP) is 3.18. The first-order chi connectivity index (χ1) is 8.08. The lowest BCUT2D eigenvalue weighted by molar-refractivity contribution is 0.0935. The van der Waals surface area contributed by atoms with Gasteiger partial charge < -0.3 is 5.32 Å². The molecule has 0 bridgehead atoms. The van der Waals surface area contributed by atoms with Gasteiger partial charge in [0.15, 0.2) is 0 Å². The second kappa shape index (κ2) is 5.17. The number of hydrogen-bond donors (Lipinski definition) is 1. The second-order valence-corrected chi connectivity index (χ2v) is 5.69. The Morgan fingerprint density at radius 1 is 1.47 bits per heavy atom. The molecule has 0 radical (unpaired) electrons. The number of carbonyl (C=O) groups is 1. The van der Waals surface area contributed by atoms with Crippen molar-refractivity contribution in [3.8, 4) is 0 Å². The first-order valence-corrected chi connectivity index (χ1v) is 6.70. The van der Waals surface area contributed by atoms with Crippen LogP contribution in [-0.4, -0.2) is 16.8 Å². The van der Waals surface area contributed by atoms with Gasteiger partial charge >= 0.3 is 0 Å². The van der Waals surface area contributed by atoms with E-state index in [1.54, 1.807) is 12.1 Å². The molecule has 0 saturated heterocycles. The zero-order valence-electron chi connectivity index (χ0n) is 9.67. The van der Waals surface area contributed by atoms with Gasteiger partial charge in [0.2, 0.25) is 0 Å². The van der Waals surface area contributed by atoms with Crippen LogP contribution in [0.3, 0.4) is 0 Å². The number of alkyl halides is 1. The fourth-order valence-electron chi connectivity index (χ4n) is 2.14. The van der Waals surface area contributed by atoms with Crippen molar-refractivity contribution in [2.45, 2.75) is 37.1 Å². The van der Waals surface area contributed by atoms with Crippen molar-refractivity contribution in [3.63, 3.8) is 0 Å². The van der Waals surface area contributed by atoms with E-state index in [2.05, 4.69) is 21.2 Å². The van der Waals surface area contributed by atoms with Gasteiger partial charge in [0, 0.05) is 10.9 Å². The van der Waals surface area contributed by atoms with Gasteiger partial charge in [0.05, 0.1) is 5.56 Å². The minimum absolute atomic E-state index is 0.113. The Kier molecular flexibility index (Phi) is 3.82. The van der Waals surface area contributed by atoms with E-state index in [0.717, 1.165) is 24.8 Å². The minimum Gasteiger partial charge on any atom is -0.348 e. The van der Waals surface area contributed by atoms with Crippen molar-refractivity contribution in [1.82, 2.24) is 5.32 Å². The molecule has 1 aliphatic carbocycles. The molecule has 1 N–H and O–H groups in total. The van der Waals surface area contributed by atoms with Crippen molar-refractivity contribution in [1.29, 1.82) is 0 Å². The second-order valence-electron chi connectivity index (χ2n) is 4.51. The Morgan fingerprint density at radius 3 is 2.88 bits per heavy atom. The van der Waals surface area contributed by atoms with Gasteiger partial charge in [-0.2, -0.15) is 0 Å². The summed E-state index contributed by atoms with van der Waals surface area (Å²) in [6.45, 7) is 1.85. The number of amides is 1. The number of aryl methyl sites for hydroxylation is 1. The summed E-state index contributed by atoms with van der Waals surface area (Å²) >= 11 is 3.53. The summed E-state index contributed by atoms with van der Waals surface area (Å²) in [4.78, 5) is 12.3. The summed E-state index contributed by atoms with van der Waals surface area (Å²) in [6, 6.07) is 4.70. The molecule has 1 amide bonds. The summed E-state index contributed by atoms with van der Waals surface area (Å²) in [7, 11) is 0. The van der Waals surface area contributed by atoms with E-state index in [0.29, 0.717) is 4.83 Å². The maximum atomic E-state index is 13.5. The largest absolute Gasteiger partial charge is 0.348 e. The number of carbonyl (C=O) groups excluding carboxylic acids is 1. The maximum absolute atomic E-state index is 13.5. The van der Waals surface area contributed by atoms with Crippen LogP contribution in [0, 0.1) is 12.7 Å². The average molecular weight is 300 g/mol. The van der Waals surface area contributed by atoms with Gasteiger partial charge in [-0.1, -0.05) is 34.0 Å². The van der Waals surface area contributed by atoms with Gasteiger partial charge in [0.25, 0.3) is 5.91 Å². The van der Waals surface area contributed by atoms with Gasteiger partial charge in [-0.25, -0.2) is 4.39 Å². The third kappa shape index (κ3) is 2.86. The van der Waals surface area contributed by atoms with E-state index in [9.17, 15) is 9.18 Å². The molecule has 1 aliphatic rings. The topological polar surface area (TPSA) is 29.1 Å². The third-order valence-electron chi connectivity index (χ3n) is 3.11. The first-order valence-electron chi connectivity index (χ1n) is 5.79. The Bertz CT molecular complexity index is 435. The normalized spacial score (nSPS) is 23.7. The van der Waals surface area contributed by atoms with E-state index in [-0.39, 0.29) is 17.5 Å². The quantitative estimate of drug-likeness (QED) is 0.835. The molecule has 0 spiro atoms. The van der Waals surface area contributed by atoms with Crippen LogP contribution in [0.15, 0.2) is 18.2 Å². The lowest BCUT2D eigenvalue weighted by Gasteiger charge is -2.16. The lowest BCUT2D eigenvalue weighted by atomic mass is 10.1. The van der Waals surface area contributed by atoms with E-state index in [1.165, 1.54) is 6.07 Å². The standard InChI is InChI=1S/C13H15BrFNO/c1-8-5-6-11(15)9(7-8)13(17)16-12-4-2-3-10(12)14/h5-7,10,12H,2-4H2,1H3,(H,16,17). The van der Waals surface area contributed by atoms with Crippen molar-refractivity contribution in [2.24, 2.45) is 0 Å². The molecule has 0 aliphatic heterocycles.